The normalized spacial score (nSPS) is 17.9. The van der Waals surface area contributed by atoms with Crippen LogP contribution in [0.1, 0.15) is 11.5 Å². The van der Waals surface area contributed by atoms with Crippen LogP contribution in [0.3, 0.4) is 0 Å². The molecule has 0 radical (unpaired) electrons. The predicted molar refractivity (Wildman–Crippen MR) is 196 cm³/mol. The molecule has 0 saturated heterocycles. The van der Waals surface area contributed by atoms with Crippen molar-refractivity contribution in [2.45, 2.75) is 12.0 Å². The van der Waals surface area contributed by atoms with E-state index in [0.717, 1.165) is 39.6 Å². The summed E-state index contributed by atoms with van der Waals surface area (Å²) in [5.74, 6) is 3.97. The van der Waals surface area contributed by atoms with Gasteiger partial charge in [-0.2, -0.15) is 0 Å². The average Bonchev–Trinajstić information content (AvgIpc) is 3.68. The number of ether oxygens (including phenoxy) is 2. The first kappa shape index (κ1) is 25.7. The maximum Gasteiger partial charge on any atom is 0.260 e. The zero-order valence-electron chi connectivity index (χ0n) is 25.3. The lowest BCUT2D eigenvalue weighted by molar-refractivity contribution is 0.468. The monoisotopic (exact) mass is 619 g/mol. The van der Waals surface area contributed by atoms with Crippen LogP contribution < -0.4 is 30.8 Å². The first-order chi connectivity index (χ1) is 23.3. The van der Waals surface area contributed by atoms with E-state index in [9.17, 15) is 0 Å². The lowest BCUT2D eigenvalue weighted by atomic mass is 9.35. The van der Waals surface area contributed by atoms with Gasteiger partial charge in [0.05, 0.1) is 10.7 Å². The number of hydrogen-bond donors (Lipinski definition) is 0. The average molecular weight is 620 g/mol. The third kappa shape index (κ3) is 3.58. The maximum atomic E-state index is 6.96. The molecule has 0 fully saturated rings. The highest BCUT2D eigenvalue weighted by Crippen LogP contribution is 2.48. The van der Waals surface area contributed by atoms with Crippen molar-refractivity contribution in [3.05, 3.63) is 151 Å². The molecule has 220 valence electrons. The summed E-state index contributed by atoms with van der Waals surface area (Å²) in [6, 6.07) is 44.1. The third-order valence-corrected chi connectivity index (χ3v) is 11.5. The Bertz CT molecular complexity index is 2510. The number of fused-ring (bicyclic) bond motifs is 11. The number of hydrogen-bond acceptors (Lipinski definition) is 4. The molecule has 7 aromatic rings. The van der Waals surface area contributed by atoms with Crippen molar-refractivity contribution in [2.24, 2.45) is 0 Å². The maximum absolute atomic E-state index is 6.96. The number of para-hydroxylation sites is 2. The Morgan fingerprint density at radius 3 is 2.34 bits per heavy atom. The van der Waals surface area contributed by atoms with E-state index in [-0.39, 0.29) is 12.8 Å². The molecule has 0 N–H and O–H groups in total. The van der Waals surface area contributed by atoms with Gasteiger partial charge in [0, 0.05) is 38.2 Å². The summed E-state index contributed by atoms with van der Waals surface area (Å²) in [6.45, 7) is 0.0421. The topological polar surface area (TPSA) is 21.7 Å². The molecule has 2 unspecified atom stereocenters. The van der Waals surface area contributed by atoms with Crippen LogP contribution in [0.15, 0.2) is 146 Å². The molecule has 4 heterocycles. The first-order valence-corrected chi connectivity index (χ1v) is 17.0. The fourth-order valence-electron chi connectivity index (χ4n) is 8.26. The van der Waals surface area contributed by atoms with Crippen LogP contribution in [-0.2, 0) is 0 Å². The number of nitrogens with zero attached hydrogens (tertiary/aromatic N) is 1. The fraction of sp³-hybridized carbons (Fsp3) is 0.0476. The molecule has 1 aliphatic carbocycles. The molecule has 5 heteroatoms. The van der Waals surface area contributed by atoms with E-state index in [2.05, 4.69) is 151 Å². The Morgan fingerprint density at radius 2 is 1.40 bits per heavy atom. The number of thiophene rings is 1. The molecule has 11 rings (SSSR count). The van der Waals surface area contributed by atoms with Gasteiger partial charge in [0.1, 0.15) is 23.0 Å². The van der Waals surface area contributed by atoms with E-state index >= 15 is 0 Å². The van der Waals surface area contributed by atoms with Crippen molar-refractivity contribution in [1.29, 1.82) is 0 Å². The van der Waals surface area contributed by atoms with Crippen LogP contribution >= 0.6 is 11.3 Å². The summed E-state index contributed by atoms with van der Waals surface area (Å²) >= 11 is 1.81. The van der Waals surface area contributed by atoms with Crippen molar-refractivity contribution in [1.82, 2.24) is 0 Å². The Morgan fingerprint density at radius 1 is 0.617 bits per heavy atom. The highest BCUT2D eigenvalue weighted by Gasteiger charge is 2.41. The van der Waals surface area contributed by atoms with Crippen molar-refractivity contribution < 1.29 is 9.47 Å². The summed E-state index contributed by atoms with van der Waals surface area (Å²) in [4.78, 5) is 2.47. The predicted octanol–water partition coefficient (Wildman–Crippen LogP) is 9.18. The molecule has 0 bridgehead atoms. The van der Waals surface area contributed by atoms with Gasteiger partial charge in [-0.25, -0.2) is 0 Å². The van der Waals surface area contributed by atoms with Gasteiger partial charge in [0.15, 0.2) is 0 Å². The molecular weight excluding hydrogens is 593 g/mol. The van der Waals surface area contributed by atoms with Crippen LogP contribution in [0.2, 0.25) is 0 Å². The first-order valence-electron chi connectivity index (χ1n) is 16.2. The largest absolute Gasteiger partial charge is 0.458 e. The van der Waals surface area contributed by atoms with Crippen LogP contribution in [0.4, 0.5) is 11.4 Å². The second-order valence-corrected chi connectivity index (χ2v) is 13.8. The second kappa shape index (κ2) is 9.51. The van der Waals surface area contributed by atoms with Crippen LogP contribution in [-0.4, -0.2) is 12.8 Å². The number of anilines is 2. The Hall–Kier alpha value is -5.52. The van der Waals surface area contributed by atoms with Gasteiger partial charge < -0.3 is 14.4 Å². The zero-order valence-corrected chi connectivity index (χ0v) is 26.1. The van der Waals surface area contributed by atoms with E-state index in [1.54, 1.807) is 0 Å². The lowest BCUT2D eigenvalue weighted by Crippen LogP contribution is -2.57. The third-order valence-electron chi connectivity index (χ3n) is 10.3. The second-order valence-electron chi connectivity index (χ2n) is 12.8. The summed E-state index contributed by atoms with van der Waals surface area (Å²) in [6.07, 6.45) is 8.99. The molecule has 4 aliphatic rings. The standard InChI is InChI=1S/C42H26BNO2S/c1-5-13-34-28(9-1)29-10-2-6-14-35(29)44(34)27-19-17-25(18-20-27)26-23-37-40-38(24-26)46-41-33(43(40)32-12-4-7-15-36(32)45-37)22-21-31-30-11-3-8-16-39(30)47-42(31)41/h1-24,28,34H. The van der Waals surface area contributed by atoms with Crippen LogP contribution in [0, 0.1) is 0 Å². The molecule has 47 heavy (non-hydrogen) atoms. The minimum absolute atomic E-state index is 0.0421. The fourth-order valence-corrected chi connectivity index (χ4v) is 9.45. The Kier molecular flexibility index (Phi) is 5.19. The molecular formula is C42H26BNO2S. The summed E-state index contributed by atoms with van der Waals surface area (Å²) in [5.41, 5.74) is 9.54. The van der Waals surface area contributed by atoms with E-state index in [1.807, 2.05) is 11.3 Å². The van der Waals surface area contributed by atoms with Gasteiger partial charge in [0.2, 0.25) is 0 Å². The molecule has 0 spiro atoms. The number of allylic oxidation sites excluding steroid dienone is 2. The highest BCUT2D eigenvalue weighted by atomic mass is 32.1. The molecule has 3 aliphatic heterocycles. The Labute approximate surface area is 276 Å². The quantitative estimate of drug-likeness (QED) is 0.180. The van der Waals surface area contributed by atoms with Gasteiger partial charge in [-0.1, -0.05) is 103 Å². The highest BCUT2D eigenvalue weighted by molar-refractivity contribution is 7.26. The minimum Gasteiger partial charge on any atom is -0.458 e. The van der Waals surface area contributed by atoms with Gasteiger partial charge in [-0.3, -0.25) is 0 Å². The molecule has 2 atom stereocenters. The number of benzene rings is 6. The molecule has 1 aromatic heterocycles. The van der Waals surface area contributed by atoms with Crippen molar-refractivity contribution in [2.75, 3.05) is 4.90 Å². The van der Waals surface area contributed by atoms with Crippen molar-refractivity contribution >= 4 is 66.0 Å². The zero-order chi connectivity index (χ0) is 30.6. The lowest BCUT2D eigenvalue weighted by Gasteiger charge is -2.33. The van der Waals surface area contributed by atoms with Gasteiger partial charge >= 0.3 is 0 Å². The van der Waals surface area contributed by atoms with Gasteiger partial charge in [-0.15, -0.1) is 11.3 Å². The molecule has 0 amide bonds. The summed E-state index contributed by atoms with van der Waals surface area (Å²) < 4.78 is 16.1. The van der Waals surface area contributed by atoms with Gasteiger partial charge in [0.25, 0.3) is 6.71 Å². The van der Waals surface area contributed by atoms with Gasteiger partial charge in [-0.05, 0) is 70.1 Å². The minimum atomic E-state index is 0.0421. The van der Waals surface area contributed by atoms with E-state index in [1.165, 1.54) is 48.0 Å². The van der Waals surface area contributed by atoms with E-state index < -0.39 is 0 Å². The van der Waals surface area contributed by atoms with Crippen LogP contribution in [0.5, 0.6) is 23.0 Å². The summed E-state index contributed by atoms with van der Waals surface area (Å²) in [7, 11) is 0. The molecule has 3 nitrogen and oxygen atoms in total. The van der Waals surface area contributed by atoms with Crippen molar-refractivity contribution in [3.63, 3.8) is 0 Å². The smallest absolute Gasteiger partial charge is 0.260 e. The molecule has 0 saturated carbocycles. The van der Waals surface area contributed by atoms with E-state index in [4.69, 9.17) is 9.47 Å². The van der Waals surface area contributed by atoms with E-state index in [0.29, 0.717) is 5.92 Å². The Balaban J connectivity index is 1.05. The summed E-state index contributed by atoms with van der Waals surface area (Å²) in [5, 5.41) is 2.52. The number of rotatable bonds is 2. The van der Waals surface area contributed by atoms with Crippen LogP contribution in [0.25, 0.3) is 31.3 Å². The molecule has 6 aromatic carbocycles. The van der Waals surface area contributed by atoms with Crippen molar-refractivity contribution in [3.8, 4) is 34.1 Å². The SMILES string of the molecule is C1=CC2c3ccccc3N(c3ccc(-c4cc5c6c(c4)Oc4c(ccc7c4sc4ccccc47)B6c4ccccc4O5)cc3)C2C=C1.